The maximum absolute atomic E-state index is 11.2. The van der Waals surface area contributed by atoms with Crippen LogP contribution < -0.4 is 16.0 Å². The van der Waals surface area contributed by atoms with Crippen LogP contribution in [0.2, 0.25) is 0 Å². The number of carbonyl (C=O) groups excluding carboxylic acids is 1. The lowest BCUT2D eigenvalue weighted by molar-refractivity contribution is -0.122. The highest BCUT2D eigenvalue weighted by atomic mass is 35.5. The SMILES string of the molecule is NC(=O)C1CCN(c2ccccc2NCC(O)CCl)CC1. The normalized spacial score (nSPS) is 17.5. The molecule has 1 amide bonds. The molecule has 21 heavy (non-hydrogen) atoms. The summed E-state index contributed by atoms with van der Waals surface area (Å²) in [5, 5.41) is 12.8. The molecule has 1 aliphatic rings. The molecule has 0 aliphatic carbocycles. The maximum Gasteiger partial charge on any atom is 0.220 e. The van der Waals surface area contributed by atoms with Gasteiger partial charge in [0.05, 0.1) is 23.4 Å². The molecule has 1 fully saturated rings. The molecule has 0 radical (unpaired) electrons. The number of nitrogens with two attached hydrogens (primary N) is 1. The van der Waals surface area contributed by atoms with Crippen LogP contribution in [-0.4, -0.2) is 42.6 Å². The van der Waals surface area contributed by atoms with Crippen LogP contribution in [0.1, 0.15) is 12.8 Å². The third kappa shape index (κ3) is 4.25. The van der Waals surface area contributed by atoms with E-state index in [1.54, 1.807) is 0 Å². The van der Waals surface area contributed by atoms with E-state index < -0.39 is 6.10 Å². The number of hydrogen-bond donors (Lipinski definition) is 3. The Morgan fingerprint density at radius 1 is 1.43 bits per heavy atom. The molecule has 1 aromatic carbocycles. The molecule has 1 aliphatic heterocycles. The molecule has 1 heterocycles. The lowest BCUT2D eigenvalue weighted by Crippen LogP contribution is -2.38. The van der Waals surface area contributed by atoms with E-state index in [1.165, 1.54) is 0 Å². The average Bonchev–Trinajstić information content (AvgIpc) is 2.53. The molecule has 5 nitrogen and oxygen atoms in total. The van der Waals surface area contributed by atoms with Crippen LogP contribution in [0.4, 0.5) is 11.4 Å². The molecule has 1 atom stereocenters. The Kier molecular flexibility index (Phi) is 5.70. The third-order valence-electron chi connectivity index (χ3n) is 3.85. The minimum absolute atomic E-state index is 0.0144. The first-order valence-electron chi connectivity index (χ1n) is 7.23. The Bertz CT molecular complexity index is 476. The highest BCUT2D eigenvalue weighted by molar-refractivity contribution is 6.18. The van der Waals surface area contributed by atoms with Gasteiger partial charge in [0.2, 0.25) is 5.91 Å². The van der Waals surface area contributed by atoms with E-state index in [9.17, 15) is 9.90 Å². The summed E-state index contributed by atoms with van der Waals surface area (Å²) < 4.78 is 0. The zero-order valence-corrected chi connectivity index (χ0v) is 12.7. The topological polar surface area (TPSA) is 78.6 Å². The number of aliphatic hydroxyl groups excluding tert-OH is 1. The minimum Gasteiger partial charge on any atom is -0.390 e. The standard InChI is InChI=1S/C15H22ClN3O2/c16-9-12(20)10-18-13-3-1-2-4-14(13)19-7-5-11(6-8-19)15(17)21/h1-4,11-12,18,20H,5-10H2,(H2,17,21). The number of rotatable bonds is 6. The van der Waals surface area contributed by atoms with Gasteiger partial charge < -0.3 is 21.1 Å². The summed E-state index contributed by atoms with van der Waals surface area (Å²) in [6, 6.07) is 7.96. The van der Waals surface area contributed by atoms with E-state index in [-0.39, 0.29) is 17.7 Å². The number of alkyl halides is 1. The fourth-order valence-corrected chi connectivity index (χ4v) is 2.70. The van der Waals surface area contributed by atoms with Gasteiger partial charge in [0, 0.05) is 25.6 Å². The van der Waals surface area contributed by atoms with Gasteiger partial charge in [-0.05, 0) is 25.0 Å². The lowest BCUT2D eigenvalue weighted by Gasteiger charge is -2.33. The predicted octanol–water partition coefficient (Wildman–Crippen LogP) is 1.40. The second-order valence-electron chi connectivity index (χ2n) is 5.37. The zero-order chi connectivity index (χ0) is 15.2. The van der Waals surface area contributed by atoms with E-state index in [0.29, 0.717) is 6.54 Å². The number of nitrogens with one attached hydrogen (secondary N) is 1. The zero-order valence-electron chi connectivity index (χ0n) is 12.0. The molecule has 0 aromatic heterocycles. The number of carbonyl (C=O) groups is 1. The summed E-state index contributed by atoms with van der Waals surface area (Å²) in [5.41, 5.74) is 7.42. The van der Waals surface area contributed by atoms with Crippen LogP contribution in [0.3, 0.4) is 0 Å². The Balaban J connectivity index is 2.01. The monoisotopic (exact) mass is 311 g/mol. The Hall–Kier alpha value is -1.46. The van der Waals surface area contributed by atoms with E-state index in [1.807, 2.05) is 24.3 Å². The van der Waals surface area contributed by atoms with Gasteiger partial charge in [-0.2, -0.15) is 0 Å². The van der Waals surface area contributed by atoms with Crippen molar-refractivity contribution < 1.29 is 9.90 Å². The molecule has 0 bridgehead atoms. The van der Waals surface area contributed by atoms with Gasteiger partial charge in [0.25, 0.3) is 0 Å². The molecule has 2 rings (SSSR count). The van der Waals surface area contributed by atoms with Crippen LogP contribution in [0, 0.1) is 5.92 Å². The van der Waals surface area contributed by atoms with Crippen molar-refractivity contribution >= 4 is 28.9 Å². The number of amides is 1. The first-order chi connectivity index (χ1) is 10.1. The largest absolute Gasteiger partial charge is 0.390 e. The molecule has 0 spiro atoms. The molecule has 0 saturated carbocycles. The summed E-state index contributed by atoms with van der Waals surface area (Å²) in [6.45, 7) is 2.03. The highest BCUT2D eigenvalue weighted by Gasteiger charge is 2.24. The van der Waals surface area contributed by atoms with Crippen molar-refractivity contribution in [3.8, 4) is 0 Å². The van der Waals surface area contributed by atoms with Crippen LogP contribution >= 0.6 is 11.6 Å². The van der Waals surface area contributed by atoms with Gasteiger partial charge in [-0.25, -0.2) is 0 Å². The second kappa shape index (κ2) is 7.52. The molecular weight excluding hydrogens is 290 g/mol. The number of nitrogens with zero attached hydrogens (tertiary/aromatic N) is 1. The number of aliphatic hydroxyl groups is 1. The highest BCUT2D eigenvalue weighted by Crippen LogP contribution is 2.29. The second-order valence-corrected chi connectivity index (χ2v) is 5.68. The van der Waals surface area contributed by atoms with Crippen LogP contribution in [0.25, 0.3) is 0 Å². The number of benzene rings is 1. The smallest absolute Gasteiger partial charge is 0.220 e. The molecular formula is C15H22ClN3O2. The molecule has 1 unspecified atom stereocenters. The van der Waals surface area contributed by atoms with E-state index >= 15 is 0 Å². The van der Waals surface area contributed by atoms with E-state index in [2.05, 4.69) is 10.2 Å². The number of anilines is 2. The Morgan fingerprint density at radius 2 is 2.10 bits per heavy atom. The first-order valence-corrected chi connectivity index (χ1v) is 7.76. The number of piperidine rings is 1. The van der Waals surface area contributed by atoms with Gasteiger partial charge in [-0.3, -0.25) is 4.79 Å². The lowest BCUT2D eigenvalue weighted by atomic mass is 9.96. The number of primary amides is 1. The van der Waals surface area contributed by atoms with Gasteiger partial charge in [0.1, 0.15) is 0 Å². The number of hydrogen-bond acceptors (Lipinski definition) is 4. The summed E-state index contributed by atoms with van der Waals surface area (Å²) in [6.07, 6.45) is 1.00. The maximum atomic E-state index is 11.2. The van der Waals surface area contributed by atoms with E-state index in [4.69, 9.17) is 17.3 Å². The summed E-state index contributed by atoms with van der Waals surface area (Å²) in [5.74, 6) is -0.00940. The van der Waals surface area contributed by atoms with Gasteiger partial charge in [-0.1, -0.05) is 12.1 Å². The van der Waals surface area contributed by atoms with Crippen LogP contribution in [-0.2, 0) is 4.79 Å². The molecule has 1 aromatic rings. The minimum atomic E-state index is -0.569. The van der Waals surface area contributed by atoms with Gasteiger partial charge >= 0.3 is 0 Å². The van der Waals surface area contributed by atoms with Crippen molar-refractivity contribution in [2.24, 2.45) is 11.7 Å². The van der Waals surface area contributed by atoms with Crippen molar-refractivity contribution in [2.45, 2.75) is 18.9 Å². The van der Waals surface area contributed by atoms with Crippen molar-refractivity contribution in [3.05, 3.63) is 24.3 Å². The first kappa shape index (κ1) is 15.9. The van der Waals surface area contributed by atoms with Crippen molar-refractivity contribution in [3.63, 3.8) is 0 Å². The van der Waals surface area contributed by atoms with Gasteiger partial charge in [-0.15, -0.1) is 11.6 Å². The van der Waals surface area contributed by atoms with Crippen molar-refractivity contribution in [2.75, 3.05) is 35.7 Å². The number of halogens is 1. The molecule has 4 N–H and O–H groups in total. The molecule has 116 valence electrons. The summed E-state index contributed by atoms with van der Waals surface area (Å²) in [7, 11) is 0. The van der Waals surface area contributed by atoms with Gasteiger partial charge in [0.15, 0.2) is 0 Å². The fraction of sp³-hybridized carbons (Fsp3) is 0.533. The van der Waals surface area contributed by atoms with Crippen molar-refractivity contribution in [1.82, 2.24) is 0 Å². The van der Waals surface area contributed by atoms with Crippen LogP contribution in [0.5, 0.6) is 0 Å². The fourth-order valence-electron chi connectivity index (χ4n) is 2.59. The Morgan fingerprint density at radius 3 is 2.71 bits per heavy atom. The van der Waals surface area contributed by atoms with Crippen LogP contribution in [0.15, 0.2) is 24.3 Å². The Labute approximate surface area is 130 Å². The third-order valence-corrected chi connectivity index (χ3v) is 4.20. The number of para-hydroxylation sites is 2. The average molecular weight is 312 g/mol. The predicted molar refractivity (Wildman–Crippen MR) is 85.8 cm³/mol. The van der Waals surface area contributed by atoms with E-state index in [0.717, 1.165) is 37.3 Å². The summed E-state index contributed by atoms with van der Waals surface area (Å²) >= 11 is 5.61. The molecule has 6 heteroatoms. The molecule has 1 saturated heterocycles. The quantitative estimate of drug-likeness (QED) is 0.694. The van der Waals surface area contributed by atoms with Crippen molar-refractivity contribution in [1.29, 1.82) is 0 Å². The summed E-state index contributed by atoms with van der Waals surface area (Å²) in [4.78, 5) is 13.5.